The second-order valence-electron chi connectivity index (χ2n) is 4.92. The summed E-state index contributed by atoms with van der Waals surface area (Å²) in [7, 11) is 0. The highest BCUT2D eigenvalue weighted by molar-refractivity contribution is 5.97. The third-order valence-corrected chi connectivity index (χ3v) is 3.18. The van der Waals surface area contributed by atoms with E-state index in [1.807, 2.05) is 12.1 Å². The summed E-state index contributed by atoms with van der Waals surface area (Å²) in [4.78, 5) is 24.0. The number of carbonyl (C=O) groups is 2. The van der Waals surface area contributed by atoms with Gasteiger partial charge in [0, 0.05) is 5.69 Å². The summed E-state index contributed by atoms with van der Waals surface area (Å²) in [6.45, 7) is 1.46. The molecule has 0 aliphatic carbocycles. The number of hydrogen-bond donors (Lipinski definition) is 1. The van der Waals surface area contributed by atoms with E-state index in [1.165, 1.54) is 31.2 Å². The summed E-state index contributed by atoms with van der Waals surface area (Å²) in [6.07, 6.45) is -0.996. The molecule has 0 saturated carbocycles. The van der Waals surface area contributed by atoms with Gasteiger partial charge in [0.1, 0.15) is 0 Å². The van der Waals surface area contributed by atoms with Crippen molar-refractivity contribution in [2.75, 3.05) is 5.32 Å². The fourth-order valence-corrected chi connectivity index (χ4v) is 1.83. The molecule has 0 fully saturated rings. The molecule has 1 atom stereocenters. The Labute approximate surface area is 138 Å². The molecule has 0 unspecified atom stereocenters. The fourth-order valence-electron chi connectivity index (χ4n) is 1.83. The lowest BCUT2D eigenvalue weighted by Gasteiger charge is -2.13. The number of carbonyl (C=O) groups excluding carboxylic acids is 2. The molecule has 0 aliphatic rings. The Bertz CT molecular complexity index is 828. The van der Waals surface area contributed by atoms with E-state index in [4.69, 9.17) is 15.3 Å². The monoisotopic (exact) mass is 319 g/mol. The predicted octanol–water partition coefficient (Wildman–Crippen LogP) is 2.61. The van der Waals surface area contributed by atoms with Gasteiger partial charge in [0.05, 0.1) is 28.8 Å². The standard InChI is InChI=1S/C18H13N3O3/c1-12(17(22)21-16-8-4-14(11-20)5-9-16)24-18(23)15-6-2-13(10-19)3-7-15/h2-9,12H,1H3,(H,21,22)/t12-/m1/s1. The number of esters is 1. The van der Waals surface area contributed by atoms with Crippen LogP contribution in [-0.4, -0.2) is 18.0 Å². The van der Waals surface area contributed by atoms with Gasteiger partial charge < -0.3 is 10.1 Å². The summed E-state index contributed by atoms with van der Waals surface area (Å²) < 4.78 is 5.10. The fraction of sp³-hybridized carbons (Fsp3) is 0.111. The van der Waals surface area contributed by atoms with Gasteiger partial charge in [-0.3, -0.25) is 4.79 Å². The van der Waals surface area contributed by atoms with Gasteiger partial charge in [0.25, 0.3) is 5.91 Å². The summed E-state index contributed by atoms with van der Waals surface area (Å²) in [5.41, 5.74) is 1.67. The van der Waals surface area contributed by atoms with E-state index in [0.717, 1.165) is 0 Å². The molecule has 0 heterocycles. The van der Waals surface area contributed by atoms with E-state index in [9.17, 15) is 9.59 Å². The average molecular weight is 319 g/mol. The van der Waals surface area contributed by atoms with Crippen molar-refractivity contribution in [2.45, 2.75) is 13.0 Å². The van der Waals surface area contributed by atoms with Crippen molar-refractivity contribution in [3.8, 4) is 12.1 Å². The van der Waals surface area contributed by atoms with Crippen LogP contribution in [0.15, 0.2) is 48.5 Å². The van der Waals surface area contributed by atoms with Crippen LogP contribution in [-0.2, 0) is 9.53 Å². The highest BCUT2D eigenvalue weighted by atomic mass is 16.5. The van der Waals surface area contributed by atoms with E-state index >= 15 is 0 Å². The smallest absolute Gasteiger partial charge is 0.338 e. The number of ether oxygens (including phenoxy) is 1. The van der Waals surface area contributed by atoms with Gasteiger partial charge in [0.15, 0.2) is 6.10 Å². The van der Waals surface area contributed by atoms with Gasteiger partial charge in [-0.25, -0.2) is 4.79 Å². The summed E-state index contributed by atoms with van der Waals surface area (Å²) in [5.74, 6) is -1.14. The molecule has 2 aromatic rings. The Hall–Kier alpha value is -3.64. The molecule has 0 aromatic heterocycles. The van der Waals surface area contributed by atoms with Crippen molar-refractivity contribution in [1.82, 2.24) is 0 Å². The van der Waals surface area contributed by atoms with E-state index in [2.05, 4.69) is 5.32 Å². The minimum Gasteiger partial charge on any atom is -0.449 e. The Kier molecular flexibility index (Phi) is 5.28. The minimum atomic E-state index is -0.996. The number of anilines is 1. The SMILES string of the molecule is C[C@@H](OC(=O)c1ccc(C#N)cc1)C(=O)Nc1ccc(C#N)cc1. The molecule has 24 heavy (non-hydrogen) atoms. The normalized spacial score (nSPS) is 10.8. The number of nitrogens with zero attached hydrogens (tertiary/aromatic N) is 2. The maximum Gasteiger partial charge on any atom is 0.338 e. The zero-order valence-electron chi connectivity index (χ0n) is 12.8. The molecule has 6 heteroatoms. The molecular formula is C18H13N3O3. The zero-order chi connectivity index (χ0) is 17.5. The van der Waals surface area contributed by atoms with Crippen LogP contribution in [0, 0.1) is 22.7 Å². The highest BCUT2D eigenvalue weighted by Crippen LogP contribution is 2.11. The Morgan fingerprint density at radius 3 is 1.96 bits per heavy atom. The van der Waals surface area contributed by atoms with Crippen LogP contribution in [0.3, 0.4) is 0 Å². The van der Waals surface area contributed by atoms with Gasteiger partial charge in [-0.05, 0) is 55.5 Å². The van der Waals surface area contributed by atoms with Crippen molar-refractivity contribution in [3.05, 3.63) is 65.2 Å². The van der Waals surface area contributed by atoms with Crippen molar-refractivity contribution in [1.29, 1.82) is 10.5 Å². The van der Waals surface area contributed by atoms with Gasteiger partial charge in [0.2, 0.25) is 0 Å². The Balaban J connectivity index is 1.96. The first-order chi connectivity index (χ1) is 11.5. The maximum absolute atomic E-state index is 12.0. The predicted molar refractivity (Wildman–Crippen MR) is 85.8 cm³/mol. The number of nitriles is 2. The summed E-state index contributed by atoms with van der Waals surface area (Å²) in [6, 6.07) is 16.2. The minimum absolute atomic E-state index is 0.257. The topological polar surface area (TPSA) is 103 Å². The average Bonchev–Trinajstić information content (AvgIpc) is 2.62. The molecule has 2 rings (SSSR count). The molecule has 1 amide bonds. The Morgan fingerprint density at radius 1 is 0.958 bits per heavy atom. The number of nitrogens with one attached hydrogen (secondary N) is 1. The molecule has 0 spiro atoms. The van der Waals surface area contributed by atoms with E-state index in [1.54, 1.807) is 24.3 Å². The largest absolute Gasteiger partial charge is 0.449 e. The van der Waals surface area contributed by atoms with Gasteiger partial charge >= 0.3 is 5.97 Å². The third kappa shape index (κ3) is 4.19. The van der Waals surface area contributed by atoms with E-state index in [-0.39, 0.29) is 5.56 Å². The van der Waals surface area contributed by atoms with Crippen molar-refractivity contribution >= 4 is 17.6 Å². The number of amides is 1. The molecular weight excluding hydrogens is 306 g/mol. The van der Waals surface area contributed by atoms with Gasteiger partial charge in [-0.15, -0.1) is 0 Å². The first-order valence-corrected chi connectivity index (χ1v) is 7.05. The van der Waals surface area contributed by atoms with Crippen molar-refractivity contribution < 1.29 is 14.3 Å². The lowest BCUT2D eigenvalue weighted by atomic mass is 10.1. The number of hydrogen-bond acceptors (Lipinski definition) is 5. The molecule has 0 bridgehead atoms. The van der Waals surface area contributed by atoms with Crippen LogP contribution in [0.1, 0.15) is 28.4 Å². The molecule has 0 saturated heterocycles. The van der Waals surface area contributed by atoms with E-state index in [0.29, 0.717) is 16.8 Å². The van der Waals surface area contributed by atoms with Gasteiger partial charge in [-0.1, -0.05) is 0 Å². The van der Waals surface area contributed by atoms with Crippen molar-refractivity contribution in [3.63, 3.8) is 0 Å². The van der Waals surface area contributed by atoms with Crippen LogP contribution in [0.25, 0.3) is 0 Å². The Morgan fingerprint density at radius 2 is 1.46 bits per heavy atom. The molecule has 0 radical (unpaired) electrons. The first-order valence-electron chi connectivity index (χ1n) is 7.05. The van der Waals surface area contributed by atoms with Crippen molar-refractivity contribution in [2.24, 2.45) is 0 Å². The molecule has 2 aromatic carbocycles. The van der Waals surface area contributed by atoms with Gasteiger partial charge in [-0.2, -0.15) is 10.5 Å². The second kappa shape index (κ2) is 7.57. The van der Waals surface area contributed by atoms with Crippen LogP contribution < -0.4 is 5.32 Å². The van der Waals surface area contributed by atoms with E-state index < -0.39 is 18.0 Å². The lowest BCUT2D eigenvalue weighted by molar-refractivity contribution is -0.123. The van der Waals surface area contributed by atoms with Crippen LogP contribution in [0.4, 0.5) is 5.69 Å². The zero-order valence-corrected chi connectivity index (χ0v) is 12.8. The quantitative estimate of drug-likeness (QED) is 0.872. The first kappa shape index (κ1) is 16.7. The molecule has 1 N–H and O–H groups in total. The number of benzene rings is 2. The maximum atomic E-state index is 12.0. The molecule has 118 valence electrons. The second-order valence-corrected chi connectivity index (χ2v) is 4.92. The third-order valence-electron chi connectivity index (χ3n) is 3.18. The molecule has 0 aliphatic heterocycles. The lowest BCUT2D eigenvalue weighted by Crippen LogP contribution is -2.30. The summed E-state index contributed by atoms with van der Waals surface area (Å²) >= 11 is 0. The van der Waals surface area contributed by atoms with Crippen LogP contribution in [0.5, 0.6) is 0 Å². The number of rotatable bonds is 4. The van der Waals surface area contributed by atoms with Crippen LogP contribution in [0.2, 0.25) is 0 Å². The summed E-state index contributed by atoms with van der Waals surface area (Å²) in [5, 5.41) is 20.0. The molecule has 6 nitrogen and oxygen atoms in total. The van der Waals surface area contributed by atoms with Crippen LogP contribution >= 0.6 is 0 Å². The highest BCUT2D eigenvalue weighted by Gasteiger charge is 2.19.